The molecule has 0 spiro atoms. The maximum absolute atomic E-state index is 12.9. The predicted molar refractivity (Wildman–Crippen MR) is 343 cm³/mol. The van der Waals surface area contributed by atoms with Crippen molar-refractivity contribution in [2.75, 3.05) is 13.2 Å². The van der Waals surface area contributed by atoms with Gasteiger partial charge in [-0.2, -0.15) is 0 Å². The van der Waals surface area contributed by atoms with Gasteiger partial charge in [0.15, 0.2) is 6.10 Å². The predicted octanol–water partition coefficient (Wildman–Crippen LogP) is 22.5. The molecule has 0 aromatic carbocycles. The number of unbranched alkanes of at least 4 members (excludes halogenated alkanes) is 26. The monoisotopic (exact) mass is 1090 g/mol. The van der Waals surface area contributed by atoms with Crippen LogP contribution in [0.15, 0.2) is 134 Å². The molecule has 0 N–H and O–H groups in total. The van der Waals surface area contributed by atoms with Gasteiger partial charge in [-0.25, -0.2) is 0 Å². The number of hydrogen-bond donors (Lipinski definition) is 0. The second-order valence-corrected chi connectivity index (χ2v) is 21.3. The summed E-state index contributed by atoms with van der Waals surface area (Å²) >= 11 is 0. The molecular formula is C73H120O6. The standard InChI is InChI=1S/C73H120O6/c1-4-7-10-13-16-19-22-25-28-30-31-32-33-34-35-36-37-38-39-40-41-43-45-48-51-54-57-60-63-66-72(75)78-69-70(68-77-71(74)65-62-59-56-53-50-47-44-27-24-21-18-15-12-9-6-3)79-73(76)67-64-61-58-55-52-49-46-42-29-26-23-20-17-14-11-8-5-2/h8-9,11-12,17-18,20-22,25-27,29-31,44,46,49-50,53,59,62,70H,4-7,10,13-16,19,23-24,28,32-43,45,47-48,51-52,54-58,60-61,63-69H2,1-3H3/b11-8-,12-9-,20-17-,21-18-,25-22-,29-26-,31-30-,44-27-,49-46-,53-50-,62-59-. The van der Waals surface area contributed by atoms with Gasteiger partial charge in [-0.15, -0.1) is 0 Å². The third-order valence-corrected chi connectivity index (χ3v) is 13.7. The molecular weight excluding hydrogens is 973 g/mol. The van der Waals surface area contributed by atoms with Crippen molar-refractivity contribution in [1.29, 1.82) is 0 Å². The van der Waals surface area contributed by atoms with Gasteiger partial charge in [0, 0.05) is 12.8 Å². The number of rotatable bonds is 58. The summed E-state index contributed by atoms with van der Waals surface area (Å²) in [6.45, 7) is 6.31. The number of hydrogen-bond acceptors (Lipinski definition) is 6. The topological polar surface area (TPSA) is 78.9 Å². The zero-order valence-corrected chi connectivity index (χ0v) is 51.3. The molecule has 0 radical (unpaired) electrons. The summed E-state index contributed by atoms with van der Waals surface area (Å²) in [4.78, 5) is 38.2. The maximum Gasteiger partial charge on any atom is 0.309 e. The Kier molecular flexibility index (Phi) is 62.3. The van der Waals surface area contributed by atoms with Gasteiger partial charge in [-0.3, -0.25) is 14.4 Å². The molecule has 0 aliphatic heterocycles. The molecule has 0 saturated heterocycles. The molecule has 0 fully saturated rings. The zero-order chi connectivity index (χ0) is 57.1. The molecule has 6 nitrogen and oxygen atoms in total. The van der Waals surface area contributed by atoms with Crippen molar-refractivity contribution in [3.05, 3.63) is 134 Å². The highest BCUT2D eigenvalue weighted by Crippen LogP contribution is 2.16. The molecule has 0 aromatic rings. The smallest absolute Gasteiger partial charge is 0.309 e. The van der Waals surface area contributed by atoms with E-state index in [1.165, 1.54) is 135 Å². The molecule has 0 bridgehead atoms. The number of ether oxygens (including phenoxy) is 3. The fourth-order valence-electron chi connectivity index (χ4n) is 8.83. The second kappa shape index (κ2) is 66.1. The quantitative estimate of drug-likeness (QED) is 0.0261. The average Bonchev–Trinajstić information content (AvgIpc) is 3.45. The minimum absolute atomic E-state index is 0.117. The first-order valence-electron chi connectivity index (χ1n) is 32.7. The highest BCUT2D eigenvalue weighted by Gasteiger charge is 2.19. The van der Waals surface area contributed by atoms with Gasteiger partial charge in [0.05, 0.1) is 6.42 Å². The van der Waals surface area contributed by atoms with Crippen LogP contribution >= 0.6 is 0 Å². The number of allylic oxidation sites excluding steroid dienone is 21. The molecule has 0 aliphatic carbocycles. The van der Waals surface area contributed by atoms with Crippen LogP contribution in [0.4, 0.5) is 0 Å². The SMILES string of the molecule is CC/C=C\C/C=C\C/C=C\C/C=C\C/C=C\CC(=O)OCC(COC(=O)CCCCCCCCCCCCCCCCCCC/C=C\C/C=C\CCCCCCC)OC(=O)CCCCCC/C=C\C/C=C\C/C=C\C/C=C\CC. The van der Waals surface area contributed by atoms with Crippen LogP contribution in [-0.4, -0.2) is 37.2 Å². The van der Waals surface area contributed by atoms with Crippen LogP contribution in [0, 0.1) is 0 Å². The van der Waals surface area contributed by atoms with E-state index >= 15 is 0 Å². The molecule has 0 amide bonds. The first-order valence-corrected chi connectivity index (χ1v) is 32.7. The van der Waals surface area contributed by atoms with Gasteiger partial charge in [0.1, 0.15) is 13.2 Å². The van der Waals surface area contributed by atoms with Crippen molar-refractivity contribution in [3.63, 3.8) is 0 Å². The Balaban J connectivity index is 4.35. The van der Waals surface area contributed by atoms with E-state index in [-0.39, 0.29) is 38.0 Å². The number of carbonyl (C=O) groups is 3. The van der Waals surface area contributed by atoms with Crippen molar-refractivity contribution >= 4 is 17.9 Å². The molecule has 79 heavy (non-hydrogen) atoms. The Morgan fingerprint density at radius 2 is 0.544 bits per heavy atom. The first-order chi connectivity index (χ1) is 39.0. The first kappa shape index (κ1) is 74.5. The summed E-state index contributed by atoms with van der Waals surface area (Å²) in [5.74, 6) is -1.08. The van der Waals surface area contributed by atoms with Crippen molar-refractivity contribution in [3.8, 4) is 0 Å². The lowest BCUT2D eigenvalue weighted by Crippen LogP contribution is -2.30. The van der Waals surface area contributed by atoms with E-state index in [9.17, 15) is 14.4 Å². The molecule has 0 saturated carbocycles. The summed E-state index contributed by atoms with van der Waals surface area (Å²) in [6, 6.07) is 0. The summed E-state index contributed by atoms with van der Waals surface area (Å²) < 4.78 is 16.8. The van der Waals surface area contributed by atoms with Gasteiger partial charge in [-0.1, -0.05) is 289 Å². The fourth-order valence-corrected chi connectivity index (χ4v) is 8.83. The molecule has 0 rings (SSSR count). The van der Waals surface area contributed by atoms with Gasteiger partial charge in [-0.05, 0) is 116 Å². The third-order valence-electron chi connectivity index (χ3n) is 13.7. The molecule has 0 aliphatic rings. The Morgan fingerprint density at radius 1 is 0.278 bits per heavy atom. The normalized spacial score (nSPS) is 13.0. The summed E-state index contributed by atoms with van der Waals surface area (Å²) in [5, 5.41) is 0. The highest BCUT2D eigenvalue weighted by molar-refractivity contribution is 5.72. The second-order valence-electron chi connectivity index (χ2n) is 21.3. The minimum Gasteiger partial charge on any atom is -0.462 e. The van der Waals surface area contributed by atoms with E-state index in [0.717, 1.165) is 116 Å². The lowest BCUT2D eigenvalue weighted by atomic mass is 10.0. The van der Waals surface area contributed by atoms with Gasteiger partial charge >= 0.3 is 17.9 Å². The van der Waals surface area contributed by atoms with E-state index in [4.69, 9.17) is 14.2 Å². The van der Waals surface area contributed by atoms with Crippen LogP contribution < -0.4 is 0 Å². The lowest BCUT2D eigenvalue weighted by molar-refractivity contribution is -0.166. The van der Waals surface area contributed by atoms with Gasteiger partial charge in [0.25, 0.3) is 0 Å². The Bertz CT molecular complexity index is 1680. The van der Waals surface area contributed by atoms with Crippen LogP contribution in [0.1, 0.15) is 290 Å². The van der Waals surface area contributed by atoms with Crippen molar-refractivity contribution in [2.24, 2.45) is 0 Å². The van der Waals surface area contributed by atoms with Crippen LogP contribution in [0.2, 0.25) is 0 Å². The Hall–Kier alpha value is -4.45. The average molecular weight is 1090 g/mol. The van der Waals surface area contributed by atoms with E-state index in [1.54, 1.807) is 6.08 Å². The van der Waals surface area contributed by atoms with E-state index in [0.29, 0.717) is 6.42 Å². The van der Waals surface area contributed by atoms with Crippen LogP contribution in [0.25, 0.3) is 0 Å². The van der Waals surface area contributed by atoms with Crippen LogP contribution in [0.5, 0.6) is 0 Å². The molecule has 0 heterocycles. The summed E-state index contributed by atoms with van der Waals surface area (Å²) in [5.41, 5.74) is 0. The molecule has 448 valence electrons. The maximum atomic E-state index is 12.9. The Labute approximate surface area is 487 Å². The zero-order valence-electron chi connectivity index (χ0n) is 51.3. The molecule has 1 unspecified atom stereocenters. The van der Waals surface area contributed by atoms with Gasteiger partial charge in [0.2, 0.25) is 0 Å². The van der Waals surface area contributed by atoms with Crippen molar-refractivity contribution < 1.29 is 28.6 Å². The van der Waals surface area contributed by atoms with Crippen LogP contribution in [0.3, 0.4) is 0 Å². The fraction of sp³-hybridized carbons (Fsp3) is 0.658. The minimum atomic E-state index is -0.836. The van der Waals surface area contributed by atoms with E-state index < -0.39 is 12.1 Å². The number of carbonyl (C=O) groups excluding carboxylic acids is 3. The molecule has 1 atom stereocenters. The summed E-state index contributed by atoms with van der Waals surface area (Å²) in [7, 11) is 0. The summed E-state index contributed by atoms with van der Waals surface area (Å²) in [6.07, 6.45) is 93.6. The van der Waals surface area contributed by atoms with Crippen molar-refractivity contribution in [2.45, 2.75) is 297 Å². The lowest BCUT2D eigenvalue weighted by Gasteiger charge is -2.18. The highest BCUT2D eigenvalue weighted by atomic mass is 16.6. The van der Waals surface area contributed by atoms with Crippen molar-refractivity contribution in [1.82, 2.24) is 0 Å². The largest absolute Gasteiger partial charge is 0.462 e. The molecule has 6 heteroatoms. The Morgan fingerprint density at radius 3 is 0.886 bits per heavy atom. The third kappa shape index (κ3) is 64.3. The van der Waals surface area contributed by atoms with Crippen LogP contribution in [-0.2, 0) is 28.6 Å². The van der Waals surface area contributed by atoms with Gasteiger partial charge < -0.3 is 14.2 Å². The van der Waals surface area contributed by atoms with E-state index in [1.807, 2.05) is 6.08 Å². The number of esters is 3. The van der Waals surface area contributed by atoms with E-state index in [2.05, 4.69) is 142 Å². The molecule has 0 aromatic heterocycles.